The molecule has 3 rings (SSSR count). The van der Waals surface area contributed by atoms with Crippen molar-refractivity contribution in [2.24, 2.45) is 0 Å². The standard InChI is InChI=1S/C14H11ClN4/c15-11-1-2-13-12(7-11)14(19-9-18-13)17-8-10-3-5-16-6-4-10/h1-7,9H,8H2,(H,17,18,19). The van der Waals surface area contributed by atoms with Crippen molar-refractivity contribution in [1.82, 2.24) is 15.0 Å². The van der Waals surface area contributed by atoms with Gasteiger partial charge in [-0.2, -0.15) is 0 Å². The molecule has 3 aromatic rings. The van der Waals surface area contributed by atoms with Crippen LogP contribution >= 0.6 is 11.6 Å². The molecule has 4 nitrogen and oxygen atoms in total. The molecular formula is C14H11ClN4. The lowest BCUT2D eigenvalue weighted by atomic mass is 10.2. The molecule has 0 aliphatic carbocycles. The van der Waals surface area contributed by atoms with Crippen molar-refractivity contribution >= 4 is 28.3 Å². The van der Waals surface area contributed by atoms with Crippen molar-refractivity contribution in [1.29, 1.82) is 0 Å². The second-order valence-electron chi connectivity index (χ2n) is 4.09. The van der Waals surface area contributed by atoms with E-state index in [9.17, 15) is 0 Å². The number of pyridine rings is 1. The molecule has 94 valence electrons. The molecule has 0 aliphatic heterocycles. The Morgan fingerprint density at radius 3 is 2.74 bits per heavy atom. The minimum Gasteiger partial charge on any atom is -0.365 e. The van der Waals surface area contributed by atoms with Gasteiger partial charge in [0.1, 0.15) is 12.1 Å². The lowest BCUT2D eigenvalue weighted by Gasteiger charge is -2.08. The molecule has 0 fully saturated rings. The van der Waals surface area contributed by atoms with Gasteiger partial charge in [0.15, 0.2) is 0 Å². The molecular weight excluding hydrogens is 260 g/mol. The van der Waals surface area contributed by atoms with Crippen LogP contribution in [-0.2, 0) is 6.54 Å². The molecule has 0 spiro atoms. The number of anilines is 1. The fourth-order valence-electron chi connectivity index (χ4n) is 1.86. The highest BCUT2D eigenvalue weighted by Crippen LogP contribution is 2.23. The van der Waals surface area contributed by atoms with Gasteiger partial charge >= 0.3 is 0 Å². The Balaban J connectivity index is 1.90. The summed E-state index contributed by atoms with van der Waals surface area (Å²) in [6.45, 7) is 0.682. The van der Waals surface area contributed by atoms with Crippen LogP contribution in [0.2, 0.25) is 5.02 Å². The van der Waals surface area contributed by atoms with E-state index < -0.39 is 0 Å². The highest BCUT2D eigenvalue weighted by Gasteiger charge is 2.04. The number of aromatic nitrogens is 3. The summed E-state index contributed by atoms with van der Waals surface area (Å²) in [5, 5.41) is 4.89. The van der Waals surface area contributed by atoms with Crippen LogP contribution in [0.15, 0.2) is 49.1 Å². The number of benzene rings is 1. The zero-order valence-electron chi connectivity index (χ0n) is 10.0. The maximum absolute atomic E-state index is 6.02. The van der Waals surface area contributed by atoms with E-state index in [-0.39, 0.29) is 0 Å². The van der Waals surface area contributed by atoms with Crippen molar-refractivity contribution in [3.8, 4) is 0 Å². The third kappa shape index (κ3) is 2.63. The molecule has 0 amide bonds. The molecule has 2 aromatic heterocycles. The smallest absolute Gasteiger partial charge is 0.137 e. The quantitative estimate of drug-likeness (QED) is 0.793. The molecule has 0 aliphatic rings. The molecule has 2 heterocycles. The second-order valence-corrected chi connectivity index (χ2v) is 4.53. The molecule has 0 unspecified atom stereocenters. The van der Waals surface area contributed by atoms with Gasteiger partial charge in [0.2, 0.25) is 0 Å². The van der Waals surface area contributed by atoms with Crippen LogP contribution in [0.3, 0.4) is 0 Å². The lowest BCUT2D eigenvalue weighted by Crippen LogP contribution is -2.02. The first-order chi connectivity index (χ1) is 9.33. The van der Waals surface area contributed by atoms with Crippen LogP contribution in [0.4, 0.5) is 5.82 Å². The van der Waals surface area contributed by atoms with E-state index in [1.807, 2.05) is 30.3 Å². The number of nitrogens with zero attached hydrogens (tertiary/aromatic N) is 3. The van der Waals surface area contributed by atoms with Crippen molar-refractivity contribution in [3.63, 3.8) is 0 Å². The predicted molar refractivity (Wildman–Crippen MR) is 76.1 cm³/mol. The van der Waals surface area contributed by atoms with Crippen molar-refractivity contribution in [2.75, 3.05) is 5.32 Å². The Morgan fingerprint density at radius 2 is 1.89 bits per heavy atom. The van der Waals surface area contributed by atoms with Gasteiger partial charge in [0.25, 0.3) is 0 Å². The van der Waals surface area contributed by atoms with E-state index in [2.05, 4.69) is 20.3 Å². The van der Waals surface area contributed by atoms with Gasteiger partial charge in [0.05, 0.1) is 5.52 Å². The van der Waals surface area contributed by atoms with Gasteiger partial charge in [-0.05, 0) is 35.9 Å². The summed E-state index contributed by atoms with van der Waals surface area (Å²) in [5.74, 6) is 0.782. The Labute approximate surface area is 115 Å². The van der Waals surface area contributed by atoms with Crippen molar-refractivity contribution < 1.29 is 0 Å². The maximum Gasteiger partial charge on any atom is 0.137 e. The van der Waals surface area contributed by atoms with Crippen LogP contribution in [0.5, 0.6) is 0 Å². The molecule has 5 heteroatoms. The number of hydrogen-bond acceptors (Lipinski definition) is 4. The summed E-state index contributed by atoms with van der Waals surface area (Å²) >= 11 is 6.02. The fraction of sp³-hybridized carbons (Fsp3) is 0.0714. The van der Waals surface area contributed by atoms with Gasteiger partial charge < -0.3 is 5.32 Å². The zero-order valence-corrected chi connectivity index (χ0v) is 10.8. The summed E-state index contributed by atoms with van der Waals surface area (Å²) in [4.78, 5) is 12.5. The van der Waals surface area contributed by atoms with Gasteiger partial charge in [-0.1, -0.05) is 11.6 Å². The average molecular weight is 271 g/mol. The third-order valence-corrected chi connectivity index (χ3v) is 3.04. The molecule has 0 saturated heterocycles. The Kier molecular flexibility index (Phi) is 3.25. The highest BCUT2D eigenvalue weighted by atomic mass is 35.5. The van der Waals surface area contributed by atoms with Gasteiger partial charge in [-0.25, -0.2) is 9.97 Å². The predicted octanol–water partition coefficient (Wildman–Crippen LogP) is 3.29. The molecule has 1 N–H and O–H groups in total. The fourth-order valence-corrected chi connectivity index (χ4v) is 2.03. The summed E-state index contributed by atoms with van der Waals surface area (Å²) in [7, 11) is 0. The maximum atomic E-state index is 6.02. The van der Waals surface area contributed by atoms with E-state index in [4.69, 9.17) is 11.6 Å². The summed E-state index contributed by atoms with van der Waals surface area (Å²) in [6, 6.07) is 9.50. The molecule has 0 saturated carbocycles. The zero-order chi connectivity index (χ0) is 13.1. The van der Waals surface area contributed by atoms with Crippen LogP contribution in [0.1, 0.15) is 5.56 Å². The van der Waals surface area contributed by atoms with Crippen molar-refractivity contribution in [2.45, 2.75) is 6.54 Å². The molecule has 0 radical (unpaired) electrons. The molecule has 19 heavy (non-hydrogen) atoms. The van der Waals surface area contributed by atoms with E-state index in [0.717, 1.165) is 22.3 Å². The lowest BCUT2D eigenvalue weighted by molar-refractivity contribution is 1.09. The van der Waals surface area contributed by atoms with Crippen LogP contribution < -0.4 is 5.32 Å². The van der Waals surface area contributed by atoms with Gasteiger partial charge in [-0.15, -0.1) is 0 Å². The largest absolute Gasteiger partial charge is 0.365 e. The van der Waals surface area contributed by atoms with E-state index in [0.29, 0.717) is 11.6 Å². The van der Waals surface area contributed by atoms with E-state index in [1.165, 1.54) is 0 Å². The molecule has 1 aromatic carbocycles. The Morgan fingerprint density at radius 1 is 1.05 bits per heavy atom. The normalized spacial score (nSPS) is 10.6. The average Bonchev–Trinajstić information content (AvgIpc) is 2.46. The number of fused-ring (bicyclic) bond motifs is 1. The number of rotatable bonds is 3. The molecule has 0 atom stereocenters. The topological polar surface area (TPSA) is 50.7 Å². The Hall–Kier alpha value is -2.20. The monoisotopic (exact) mass is 270 g/mol. The SMILES string of the molecule is Clc1ccc2ncnc(NCc3ccncc3)c2c1. The van der Waals surface area contributed by atoms with Crippen molar-refractivity contribution in [3.05, 3.63) is 59.6 Å². The Bertz CT molecular complexity index is 700. The second kappa shape index (κ2) is 5.20. The van der Waals surface area contributed by atoms with Crippen LogP contribution in [0, 0.1) is 0 Å². The molecule has 0 bridgehead atoms. The van der Waals surface area contributed by atoms with E-state index >= 15 is 0 Å². The summed E-state index contributed by atoms with van der Waals surface area (Å²) in [6.07, 6.45) is 5.09. The minimum absolute atomic E-state index is 0.675. The first kappa shape index (κ1) is 11.9. The third-order valence-electron chi connectivity index (χ3n) is 2.81. The minimum atomic E-state index is 0.675. The van der Waals surface area contributed by atoms with Crippen LogP contribution in [0.25, 0.3) is 10.9 Å². The van der Waals surface area contributed by atoms with E-state index in [1.54, 1.807) is 18.7 Å². The summed E-state index contributed by atoms with van der Waals surface area (Å²) in [5.41, 5.74) is 2.01. The first-order valence-electron chi connectivity index (χ1n) is 5.86. The number of nitrogens with one attached hydrogen (secondary N) is 1. The number of hydrogen-bond donors (Lipinski definition) is 1. The highest BCUT2D eigenvalue weighted by molar-refractivity contribution is 6.31. The van der Waals surface area contributed by atoms with Gasteiger partial charge in [-0.3, -0.25) is 4.98 Å². The van der Waals surface area contributed by atoms with Crippen LogP contribution in [-0.4, -0.2) is 15.0 Å². The number of halogens is 1. The summed E-state index contributed by atoms with van der Waals surface area (Å²) < 4.78 is 0. The van der Waals surface area contributed by atoms with Gasteiger partial charge in [0, 0.05) is 29.3 Å². The first-order valence-corrected chi connectivity index (χ1v) is 6.24.